The van der Waals surface area contributed by atoms with Crippen molar-refractivity contribution < 1.29 is 28.9 Å². The summed E-state index contributed by atoms with van der Waals surface area (Å²) in [5.41, 5.74) is 0.416. The van der Waals surface area contributed by atoms with Gasteiger partial charge in [0.15, 0.2) is 11.5 Å². The molecule has 0 saturated carbocycles. The number of ether oxygens (including phenoxy) is 3. The minimum atomic E-state index is -0.699. The summed E-state index contributed by atoms with van der Waals surface area (Å²) in [5.74, 6) is 0.448. The van der Waals surface area contributed by atoms with Gasteiger partial charge in [-0.2, -0.15) is 0 Å². The van der Waals surface area contributed by atoms with Crippen molar-refractivity contribution in [2.45, 2.75) is 26.4 Å². The second-order valence-corrected chi connectivity index (χ2v) is 5.22. The number of amides is 1. The second kappa shape index (κ2) is 7.82. The maximum Gasteiger partial charge on any atom is 0.307 e. The van der Waals surface area contributed by atoms with Crippen LogP contribution in [-0.4, -0.2) is 54.5 Å². The van der Waals surface area contributed by atoms with E-state index in [1.165, 1.54) is 4.90 Å². The monoisotopic (exact) mass is 323 g/mol. The molecule has 0 aliphatic carbocycles. The number of aliphatic hydroxyl groups excluding tert-OH is 1. The predicted octanol–water partition coefficient (Wildman–Crippen LogP) is 1.19. The van der Waals surface area contributed by atoms with Crippen molar-refractivity contribution in [1.82, 2.24) is 4.90 Å². The van der Waals surface area contributed by atoms with Crippen molar-refractivity contribution in [3.8, 4) is 11.5 Å². The molecular weight excluding hydrogens is 302 g/mol. The smallest absolute Gasteiger partial charge is 0.307 e. The molecule has 1 unspecified atom stereocenters. The first kappa shape index (κ1) is 17.1. The standard InChI is InChI=1S/C16H21NO6/c1-3-21-15(19)6-7-17(9-11(2)18)16(20)12-4-5-13-14(8-12)23-10-22-13/h4-5,8,11,18H,3,6-7,9-10H2,1-2H3. The molecule has 7 heteroatoms. The van der Waals surface area contributed by atoms with Crippen molar-refractivity contribution >= 4 is 11.9 Å². The van der Waals surface area contributed by atoms with Crippen LogP contribution >= 0.6 is 0 Å². The van der Waals surface area contributed by atoms with E-state index in [-0.39, 0.29) is 38.2 Å². The van der Waals surface area contributed by atoms with Gasteiger partial charge in [0, 0.05) is 18.7 Å². The van der Waals surface area contributed by atoms with E-state index >= 15 is 0 Å². The Kier molecular flexibility index (Phi) is 5.81. The van der Waals surface area contributed by atoms with E-state index in [0.29, 0.717) is 23.7 Å². The fourth-order valence-corrected chi connectivity index (χ4v) is 2.27. The van der Waals surface area contributed by atoms with E-state index in [1.54, 1.807) is 32.0 Å². The lowest BCUT2D eigenvalue weighted by Gasteiger charge is -2.24. The van der Waals surface area contributed by atoms with E-state index < -0.39 is 6.10 Å². The summed E-state index contributed by atoms with van der Waals surface area (Å²) in [4.78, 5) is 25.5. The van der Waals surface area contributed by atoms with Crippen LogP contribution in [0.25, 0.3) is 0 Å². The normalized spacial score (nSPS) is 13.5. The van der Waals surface area contributed by atoms with Gasteiger partial charge < -0.3 is 24.2 Å². The summed E-state index contributed by atoms with van der Waals surface area (Å²) in [6.07, 6.45) is -0.619. The Labute approximate surface area is 134 Å². The molecule has 0 saturated heterocycles. The second-order valence-electron chi connectivity index (χ2n) is 5.22. The van der Waals surface area contributed by atoms with Crippen molar-refractivity contribution in [3.63, 3.8) is 0 Å². The van der Waals surface area contributed by atoms with E-state index in [0.717, 1.165) is 0 Å². The van der Waals surface area contributed by atoms with Crippen LogP contribution in [-0.2, 0) is 9.53 Å². The summed E-state index contributed by atoms with van der Waals surface area (Å²) in [6, 6.07) is 4.90. The highest BCUT2D eigenvalue weighted by Gasteiger charge is 2.22. The molecule has 1 aromatic rings. The first-order chi connectivity index (χ1) is 11.0. The molecule has 1 N–H and O–H groups in total. The summed E-state index contributed by atoms with van der Waals surface area (Å²) < 4.78 is 15.3. The lowest BCUT2D eigenvalue weighted by molar-refractivity contribution is -0.143. The van der Waals surface area contributed by atoms with Crippen LogP contribution in [0.3, 0.4) is 0 Å². The third-order valence-corrected chi connectivity index (χ3v) is 3.28. The minimum absolute atomic E-state index is 0.0802. The Hall–Kier alpha value is -2.28. The quantitative estimate of drug-likeness (QED) is 0.759. The van der Waals surface area contributed by atoms with Crippen molar-refractivity contribution in [1.29, 1.82) is 0 Å². The molecule has 126 valence electrons. The molecule has 1 aromatic carbocycles. The molecule has 23 heavy (non-hydrogen) atoms. The van der Waals surface area contributed by atoms with Gasteiger partial charge in [-0.1, -0.05) is 0 Å². The molecule has 0 radical (unpaired) electrons. The number of nitrogens with zero attached hydrogens (tertiary/aromatic N) is 1. The first-order valence-electron chi connectivity index (χ1n) is 7.54. The van der Waals surface area contributed by atoms with Gasteiger partial charge in [0.2, 0.25) is 6.79 Å². The Morgan fingerprint density at radius 3 is 2.78 bits per heavy atom. The Morgan fingerprint density at radius 2 is 2.09 bits per heavy atom. The van der Waals surface area contributed by atoms with Crippen molar-refractivity contribution in [2.24, 2.45) is 0 Å². The van der Waals surface area contributed by atoms with Gasteiger partial charge in [-0.25, -0.2) is 0 Å². The van der Waals surface area contributed by atoms with E-state index in [1.807, 2.05) is 0 Å². The molecule has 1 aliphatic rings. The molecule has 7 nitrogen and oxygen atoms in total. The van der Waals surface area contributed by atoms with Gasteiger partial charge in [-0.15, -0.1) is 0 Å². The zero-order valence-corrected chi connectivity index (χ0v) is 13.3. The van der Waals surface area contributed by atoms with Crippen molar-refractivity contribution in [2.75, 3.05) is 26.5 Å². The highest BCUT2D eigenvalue weighted by atomic mass is 16.7. The SMILES string of the molecule is CCOC(=O)CCN(CC(C)O)C(=O)c1ccc2c(c1)OCO2. The average molecular weight is 323 g/mol. The number of fused-ring (bicyclic) bond motifs is 1. The molecule has 1 heterocycles. The van der Waals surface area contributed by atoms with Crippen LogP contribution in [0.4, 0.5) is 0 Å². The molecule has 0 spiro atoms. The molecule has 1 atom stereocenters. The van der Waals surface area contributed by atoms with Crippen LogP contribution in [0.1, 0.15) is 30.6 Å². The van der Waals surface area contributed by atoms with Gasteiger partial charge in [0.05, 0.1) is 19.1 Å². The number of esters is 1. The van der Waals surface area contributed by atoms with Gasteiger partial charge in [0.1, 0.15) is 0 Å². The van der Waals surface area contributed by atoms with Gasteiger partial charge in [-0.05, 0) is 32.0 Å². The molecule has 0 bridgehead atoms. The Balaban J connectivity index is 2.07. The number of rotatable bonds is 7. The van der Waals surface area contributed by atoms with Gasteiger partial charge in [-0.3, -0.25) is 9.59 Å². The number of hydrogen-bond acceptors (Lipinski definition) is 6. The lowest BCUT2D eigenvalue weighted by Crippen LogP contribution is -2.38. The summed E-state index contributed by atoms with van der Waals surface area (Å²) in [6.45, 7) is 4.05. The molecule has 0 aromatic heterocycles. The highest BCUT2D eigenvalue weighted by Crippen LogP contribution is 2.32. The Morgan fingerprint density at radius 1 is 1.35 bits per heavy atom. The van der Waals surface area contributed by atoms with Crippen LogP contribution in [0.2, 0.25) is 0 Å². The molecule has 1 amide bonds. The topological polar surface area (TPSA) is 85.3 Å². The number of benzene rings is 1. The fourth-order valence-electron chi connectivity index (χ4n) is 2.27. The van der Waals surface area contributed by atoms with Crippen LogP contribution < -0.4 is 9.47 Å². The van der Waals surface area contributed by atoms with E-state index in [9.17, 15) is 14.7 Å². The maximum absolute atomic E-state index is 12.6. The molecule has 2 rings (SSSR count). The molecule has 0 fully saturated rings. The highest BCUT2D eigenvalue weighted by molar-refractivity contribution is 5.95. The number of carbonyl (C=O) groups is 2. The first-order valence-corrected chi connectivity index (χ1v) is 7.54. The third kappa shape index (κ3) is 4.59. The van der Waals surface area contributed by atoms with Crippen molar-refractivity contribution in [3.05, 3.63) is 23.8 Å². The maximum atomic E-state index is 12.6. The van der Waals surface area contributed by atoms with E-state index in [2.05, 4.69) is 0 Å². The van der Waals surface area contributed by atoms with E-state index in [4.69, 9.17) is 14.2 Å². The van der Waals surface area contributed by atoms with Crippen LogP contribution in [0, 0.1) is 0 Å². The third-order valence-electron chi connectivity index (χ3n) is 3.28. The zero-order chi connectivity index (χ0) is 16.8. The zero-order valence-electron chi connectivity index (χ0n) is 13.3. The summed E-state index contributed by atoms with van der Waals surface area (Å²) in [5, 5.41) is 9.59. The summed E-state index contributed by atoms with van der Waals surface area (Å²) in [7, 11) is 0. The largest absolute Gasteiger partial charge is 0.466 e. The molecular formula is C16H21NO6. The average Bonchev–Trinajstić information content (AvgIpc) is 2.98. The minimum Gasteiger partial charge on any atom is -0.466 e. The number of carbonyl (C=O) groups excluding carboxylic acids is 2. The van der Waals surface area contributed by atoms with Gasteiger partial charge in [0.25, 0.3) is 5.91 Å². The predicted molar refractivity (Wildman–Crippen MR) is 81.4 cm³/mol. The fraction of sp³-hybridized carbons (Fsp3) is 0.500. The summed E-state index contributed by atoms with van der Waals surface area (Å²) >= 11 is 0. The molecule has 1 aliphatic heterocycles. The van der Waals surface area contributed by atoms with Crippen LogP contribution in [0.15, 0.2) is 18.2 Å². The Bertz CT molecular complexity index is 572. The van der Waals surface area contributed by atoms with Gasteiger partial charge >= 0.3 is 5.97 Å². The number of aliphatic hydroxyl groups is 1. The lowest BCUT2D eigenvalue weighted by atomic mass is 10.1. The number of hydrogen-bond donors (Lipinski definition) is 1. The van der Waals surface area contributed by atoms with Crippen LogP contribution in [0.5, 0.6) is 11.5 Å².